The first kappa shape index (κ1) is 16.2. The smallest absolute Gasteiger partial charge is 0.254 e. The molecular formula is C18H20N4O2S. The summed E-state index contributed by atoms with van der Waals surface area (Å²) in [6.45, 7) is 3.13. The number of hydrogen-bond acceptors (Lipinski definition) is 5. The number of fused-ring (bicyclic) bond motifs is 1. The topological polar surface area (TPSA) is 58.4 Å². The van der Waals surface area contributed by atoms with Crippen LogP contribution in [-0.4, -0.2) is 52.3 Å². The van der Waals surface area contributed by atoms with Crippen molar-refractivity contribution in [3.8, 4) is 0 Å². The highest BCUT2D eigenvalue weighted by Crippen LogP contribution is 2.32. The Morgan fingerprint density at radius 2 is 1.88 bits per heavy atom. The molecule has 7 heteroatoms. The second kappa shape index (κ2) is 6.92. The number of aromatic nitrogens is 2. The third-order valence-corrected chi connectivity index (χ3v) is 5.89. The van der Waals surface area contributed by atoms with E-state index in [4.69, 9.17) is 0 Å². The van der Waals surface area contributed by atoms with Gasteiger partial charge in [-0.15, -0.1) is 0 Å². The zero-order valence-corrected chi connectivity index (χ0v) is 14.7. The van der Waals surface area contributed by atoms with Crippen LogP contribution in [0, 0.1) is 0 Å². The number of hydrogen-bond donors (Lipinski definition) is 0. The van der Waals surface area contributed by atoms with Crippen molar-refractivity contribution in [3.63, 3.8) is 0 Å². The molecule has 0 radical (unpaired) electrons. The Morgan fingerprint density at radius 3 is 2.64 bits per heavy atom. The molecule has 1 amide bonds. The maximum absolute atomic E-state index is 12.7. The van der Waals surface area contributed by atoms with Crippen molar-refractivity contribution in [3.05, 3.63) is 52.9 Å². The van der Waals surface area contributed by atoms with Crippen molar-refractivity contribution in [1.29, 1.82) is 0 Å². The van der Waals surface area contributed by atoms with E-state index in [0.29, 0.717) is 6.42 Å². The van der Waals surface area contributed by atoms with Crippen LogP contribution in [0.5, 0.6) is 0 Å². The van der Waals surface area contributed by atoms with Crippen LogP contribution in [0.2, 0.25) is 0 Å². The predicted octanol–water partition coefficient (Wildman–Crippen LogP) is 1.63. The zero-order valence-electron chi connectivity index (χ0n) is 13.9. The van der Waals surface area contributed by atoms with E-state index in [-0.39, 0.29) is 17.5 Å². The summed E-state index contributed by atoms with van der Waals surface area (Å²) in [5.74, 6) is 0.865. The van der Waals surface area contributed by atoms with E-state index in [1.807, 2.05) is 23.1 Å². The van der Waals surface area contributed by atoms with Crippen molar-refractivity contribution < 1.29 is 4.79 Å². The van der Waals surface area contributed by atoms with Gasteiger partial charge in [0.2, 0.25) is 5.91 Å². The van der Waals surface area contributed by atoms with Crippen LogP contribution in [0.25, 0.3) is 0 Å². The Bertz CT molecular complexity index is 815. The van der Waals surface area contributed by atoms with Gasteiger partial charge in [0.05, 0.1) is 6.04 Å². The molecule has 1 saturated heterocycles. The number of anilines is 1. The average Bonchev–Trinajstić information content (AvgIpc) is 3.07. The molecule has 1 aromatic heterocycles. The van der Waals surface area contributed by atoms with Gasteiger partial charge in [-0.2, -0.15) is 0 Å². The van der Waals surface area contributed by atoms with E-state index in [1.54, 1.807) is 16.3 Å². The number of nitrogens with zero attached hydrogens (tertiary/aromatic N) is 4. The number of carbonyl (C=O) groups is 1. The van der Waals surface area contributed by atoms with E-state index in [2.05, 4.69) is 22.0 Å². The maximum Gasteiger partial charge on any atom is 0.254 e. The highest BCUT2D eigenvalue weighted by atomic mass is 32.2. The minimum atomic E-state index is -0.0825. The lowest BCUT2D eigenvalue weighted by molar-refractivity contribution is -0.132. The maximum atomic E-state index is 12.7. The summed E-state index contributed by atoms with van der Waals surface area (Å²) >= 11 is 1.55. The molecule has 0 bridgehead atoms. The van der Waals surface area contributed by atoms with Gasteiger partial charge in [0, 0.05) is 56.3 Å². The van der Waals surface area contributed by atoms with Crippen LogP contribution in [0.1, 0.15) is 12.5 Å². The number of benzene rings is 1. The lowest BCUT2D eigenvalue weighted by atomic mass is 10.2. The Morgan fingerprint density at radius 1 is 1.12 bits per heavy atom. The summed E-state index contributed by atoms with van der Waals surface area (Å²) in [4.78, 5) is 33.2. The molecule has 4 rings (SSSR count). The van der Waals surface area contributed by atoms with Crippen molar-refractivity contribution in [1.82, 2.24) is 14.5 Å². The van der Waals surface area contributed by atoms with Crippen LogP contribution in [-0.2, 0) is 4.79 Å². The Kier molecular flexibility index (Phi) is 4.48. The highest BCUT2D eigenvalue weighted by Gasteiger charge is 2.29. The van der Waals surface area contributed by atoms with Crippen LogP contribution < -0.4 is 10.5 Å². The third kappa shape index (κ3) is 3.28. The highest BCUT2D eigenvalue weighted by molar-refractivity contribution is 7.99. The minimum Gasteiger partial charge on any atom is -0.368 e. The quantitative estimate of drug-likeness (QED) is 0.783. The van der Waals surface area contributed by atoms with E-state index < -0.39 is 0 Å². The summed E-state index contributed by atoms with van der Waals surface area (Å²) in [5, 5.41) is 0.721. The molecule has 0 N–H and O–H groups in total. The van der Waals surface area contributed by atoms with Crippen molar-refractivity contribution in [2.24, 2.45) is 0 Å². The fourth-order valence-corrected chi connectivity index (χ4v) is 4.55. The second-order valence-corrected chi connectivity index (χ2v) is 7.30. The molecule has 130 valence electrons. The summed E-state index contributed by atoms with van der Waals surface area (Å²) in [7, 11) is 0. The van der Waals surface area contributed by atoms with Crippen molar-refractivity contribution in [2.75, 3.05) is 36.8 Å². The number of para-hydroxylation sites is 1. The van der Waals surface area contributed by atoms with Gasteiger partial charge < -0.3 is 9.80 Å². The molecule has 1 atom stereocenters. The number of carbonyl (C=O) groups excluding carboxylic acids is 1. The van der Waals surface area contributed by atoms with Crippen LogP contribution in [0.15, 0.2) is 52.5 Å². The van der Waals surface area contributed by atoms with Gasteiger partial charge in [-0.1, -0.05) is 30.0 Å². The first-order chi connectivity index (χ1) is 12.2. The molecule has 1 unspecified atom stereocenters. The van der Waals surface area contributed by atoms with E-state index in [0.717, 1.165) is 37.1 Å². The molecule has 6 nitrogen and oxygen atoms in total. The normalized spacial score (nSPS) is 19.8. The second-order valence-electron chi connectivity index (χ2n) is 6.31. The van der Waals surface area contributed by atoms with Crippen LogP contribution in [0.3, 0.4) is 0 Å². The molecule has 25 heavy (non-hydrogen) atoms. The first-order valence-electron chi connectivity index (χ1n) is 8.50. The molecule has 1 fully saturated rings. The van der Waals surface area contributed by atoms with Gasteiger partial charge in [-0.05, 0) is 12.1 Å². The Balaban J connectivity index is 1.37. The van der Waals surface area contributed by atoms with E-state index in [1.165, 1.54) is 18.0 Å². The summed E-state index contributed by atoms with van der Waals surface area (Å²) in [5.41, 5.74) is 1.13. The summed E-state index contributed by atoms with van der Waals surface area (Å²) in [6.07, 6.45) is 1.91. The SMILES string of the molecule is O=C(CC1CSc2nccc(=O)n21)N1CCN(c2ccccc2)CC1. The van der Waals surface area contributed by atoms with E-state index in [9.17, 15) is 9.59 Å². The number of amides is 1. The lowest BCUT2D eigenvalue weighted by Gasteiger charge is -2.36. The summed E-state index contributed by atoms with van der Waals surface area (Å²) in [6, 6.07) is 11.7. The fraction of sp³-hybridized carbons (Fsp3) is 0.389. The van der Waals surface area contributed by atoms with Crippen LogP contribution >= 0.6 is 11.8 Å². The van der Waals surface area contributed by atoms with Crippen molar-refractivity contribution >= 4 is 23.4 Å². The predicted molar refractivity (Wildman–Crippen MR) is 98.1 cm³/mol. The largest absolute Gasteiger partial charge is 0.368 e. The molecule has 2 aliphatic rings. The van der Waals surface area contributed by atoms with Crippen LogP contribution in [0.4, 0.5) is 5.69 Å². The molecule has 1 aromatic carbocycles. The Hall–Kier alpha value is -2.28. The number of piperazine rings is 1. The fourth-order valence-electron chi connectivity index (χ4n) is 3.42. The molecule has 0 aliphatic carbocycles. The molecule has 3 heterocycles. The third-order valence-electron chi connectivity index (χ3n) is 4.78. The number of thioether (sulfide) groups is 1. The molecule has 2 aliphatic heterocycles. The zero-order chi connectivity index (χ0) is 17.2. The van der Waals surface area contributed by atoms with Gasteiger partial charge in [0.1, 0.15) is 0 Å². The molecule has 2 aromatic rings. The molecule has 0 spiro atoms. The van der Waals surface area contributed by atoms with E-state index >= 15 is 0 Å². The Labute approximate surface area is 150 Å². The van der Waals surface area contributed by atoms with Gasteiger partial charge >= 0.3 is 0 Å². The molecular weight excluding hydrogens is 336 g/mol. The van der Waals surface area contributed by atoms with Gasteiger partial charge in [-0.3, -0.25) is 14.2 Å². The van der Waals surface area contributed by atoms with Crippen molar-refractivity contribution in [2.45, 2.75) is 17.6 Å². The summed E-state index contributed by atoms with van der Waals surface area (Å²) < 4.78 is 1.67. The minimum absolute atomic E-state index is 0.0679. The standard InChI is InChI=1S/C18H20N4O2S/c23-16-6-7-19-18-22(16)15(13-25-18)12-17(24)21-10-8-20(9-11-21)14-4-2-1-3-5-14/h1-7,15H,8-13H2. The van der Waals surface area contributed by atoms with Gasteiger partial charge in [0.15, 0.2) is 5.16 Å². The lowest BCUT2D eigenvalue weighted by Crippen LogP contribution is -2.49. The number of rotatable bonds is 3. The monoisotopic (exact) mass is 356 g/mol. The molecule has 0 saturated carbocycles. The first-order valence-corrected chi connectivity index (χ1v) is 9.49. The van der Waals surface area contributed by atoms with Gasteiger partial charge in [-0.25, -0.2) is 4.98 Å². The van der Waals surface area contributed by atoms with Gasteiger partial charge in [0.25, 0.3) is 5.56 Å². The average molecular weight is 356 g/mol.